The molecule has 1 aromatic rings. The fourth-order valence-corrected chi connectivity index (χ4v) is 3.00. The van der Waals surface area contributed by atoms with E-state index in [2.05, 4.69) is 10.6 Å². The van der Waals surface area contributed by atoms with Crippen LogP contribution in [0.3, 0.4) is 0 Å². The van der Waals surface area contributed by atoms with E-state index in [1.54, 1.807) is 18.2 Å². The van der Waals surface area contributed by atoms with E-state index in [0.717, 1.165) is 0 Å². The molecule has 1 unspecified atom stereocenters. The summed E-state index contributed by atoms with van der Waals surface area (Å²) in [7, 11) is 0. The lowest BCUT2D eigenvalue weighted by atomic mass is 10.0. The number of carbonyl (C=O) groups excluding carboxylic acids is 4. The van der Waals surface area contributed by atoms with E-state index in [-0.39, 0.29) is 44.4 Å². The lowest BCUT2D eigenvalue weighted by Gasteiger charge is -2.29. The number of ether oxygens (including phenoxy) is 1. The fraction of sp³-hybridized carbons (Fsp3) is 0.375. The minimum atomic E-state index is -0.699. The van der Waals surface area contributed by atoms with Gasteiger partial charge in [0.15, 0.2) is 0 Å². The number of amides is 4. The van der Waals surface area contributed by atoms with E-state index in [1.807, 2.05) is 0 Å². The van der Waals surface area contributed by atoms with Crippen LogP contribution in [-0.4, -0.2) is 47.9 Å². The molecule has 9 heteroatoms. The maximum absolute atomic E-state index is 12.6. The SMILES string of the molecule is NCCOC(=O)Nc1cccc2c1CN(C1CCC(=O)NC1=O)C2=O. The lowest BCUT2D eigenvalue weighted by molar-refractivity contribution is -0.136. The zero-order valence-corrected chi connectivity index (χ0v) is 13.4. The standard InChI is InChI=1S/C16H18N4O5/c17-6-7-25-16(24)18-11-3-1-2-9-10(11)8-20(15(9)23)12-4-5-13(21)19-14(12)22/h1-3,12H,4-8,17H2,(H,18,24)(H,19,21,22). The Hall–Kier alpha value is -2.94. The average molecular weight is 346 g/mol. The van der Waals surface area contributed by atoms with Gasteiger partial charge in [0.1, 0.15) is 12.6 Å². The minimum absolute atomic E-state index is 0.0855. The quantitative estimate of drug-likeness (QED) is 0.656. The fourth-order valence-electron chi connectivity index (χ4n) is 3.00. The predicted octanol–water partition coefficient (Wildman–Crippen LogP) is -0.0452. The summed E-state index contributed by atoms with van der Waals surface area (Å²) in [5.41, 5.74) is 6.76. The van der Waals surface area contributed by atoms with E-state index in [9.17, 15) is 19.2 Å². The van der Waals surface area contributed by atoms with Crippen molar-refractivity contribution >= 4 is 29.5 Å². The molecule has 2 aliphatic heterocycles. The number of hydrogen-bond acceptors (Lipinski definition) is 6. The molecule has 9 nitrogen and oxygen atoms in total. The number of rotatable bonds is 4. The van der Waals surface area contributed by atoms with Crippen LogP contribution in [0.2, 0.25) is 0 Å². The number of anilines is 1. The van der Waals surface area contributed by atoms with E-state index in [0.29, 0.717) is 16.8 Å². The molecule has 3 rings (SSSR count). The zero-order valence-electron chi connectivity index (χ0n) is 13.4. The molecule has 0 saturated carbocycles. The molecule has 1 atom stereocenters. The van der Waals surface area contributed by atoms with E-state index >= 15 is 0 Å². The van der Waals surface area contributed by atoms with Gasteiger partial charge in [-0.2, -0.15) is 0 Å². The normalized spacial score (nSPS) is 19.5. The number of imide groups is 1. The van der Waals surface area contributed by atoms with Gasteiger partial charge >= 0.3 is 6.09 Å². The Labute approximate surface area is 143 Å². The third kappa shape index (κ3) is 3.31. The molecule has 0 spiro atoms. The second kappa shape index (κ2) is 6.89. The smallest absolute Gasteiger partial charge is 0.411 e. The van der Waals surface area contributed by atoms with Gasteiger partial charge in [0.05, 0.1) is 0 Å². The van der Waals surface area contributed by atoms with Crippen molar-refractivity contribution in [2.24, 2.45) is 5.73 Å². The number of nitrogens with zero attached hydrogens (tertiary/aromatic N) is 1. The Kier molecular flexibility index (Phi) is 4.66. The number of benzene rings is 1. The summed E-state index contributed by atoms with van der Waals surface area (Å²) >= 11 is 0. The molecule has 4 amide bonds. The van der Waals surface area contributed by atoms with Crippen LogP contribution in [0.5, 0.6) is 0 Å². The number of nitrogens with one attached hydrogen (secondary N) is 2. The number of hydrogen-bond donors (Lipinski definition) is 3. The third-order valence-electron chi connectivity index (χ3n) is 4.17. The topological polar surface area (TPSA) is 131 Å². The molecule has 2 heterocycles. The van der Waals surface area contributed by atoms with Crippen molar-refractivity contribution in [2.75, 3.05) is 18.5 Å². The first-order valence-corrected chi connectivity index (χ1v) is 7.91. The van der Waals surface area contributed by atoms with Gasteiger partial charge in [-0.15, -0.1) is 0 Å². The Balaban J connectivity index is 1.79. The summed E-state index contributed by atoms with van der Waals surface area (Å²) in [6, 6.07) is 4.24. The molecule has 25 heavy (non-hydrogen) atoms. The van der Waals surface area contributed by atoms with Crippen LogP contribution < -0.4 is 16.4 Å². The van der Waals surface area contributed by atoms with Crippen molar-refractivity contribution in [1.29, 1.82) is 0 Å². The molecule has 132 valence electrons. The highest BCUT2D eigenvalue weighted by molar-refractivity contribution is 6.06. The molecule has 0 bridgehead atoms. The number of piperidine rings is 1. The maximum atomic E-state index is 12.6. The highest BCUT2D eigenvalue weighted by Crippen LogP contribution is 2.32. The van der Waals surface area contributed by atoms with Gasteiger partial charge in [0.25, 0.3) is 5.91 Å². The van der Waals surface area contributed by atoms with E-state index in [4.69, 9.17) is 10.5 Å². The molecule has 1 fully saturated rings. The van der Waals surface area contributed by atoms with Gasteiger partial charge in [-0.05, 0) is 18.6 Å². The summed E-state index contributed by atoms with van der Waals surface area (Å²) in [5, 5.41) is 4.84. The van der Waals surface area contributed by atoms with Gasteiger partial charge in [0.2, 0.25) is 11.8 Å². The summed E-state index contributed by atoms with van der Waals surface area (Å²) in [4.78, 5) is 49.1. The molecular weight excluding hydrogens is 328 g/mol. The second-order valence-electron chi connectivity index (χ2n) is 5.78. The Morgan fingerprint density at radius 3 is 2.88 bits per heavy atom. The Morgan fingerprint density at radius 1 is 1.36 bits per heavy atom. The van der Waals surface area contributed by atoms with Crippen LogP contribution in [0.1, 0.15) is 28.8 Å². The Bertz CT molecular complexity index is 748. The summed E-state index contributed by atoms with van der Waals surface area (Å²) < 4.78 is 4.88. The molecule has 0 aromatic heterocycles. The molecule has 1 aromatic carbocycles. The molecule has 4 N–H and O–H groups in total. The minimum Gasteiger partial charge on any atom is -0.448 e. The predicted molar refractivity (Wildman–Crippen MR) is 86.5 cm³/mol. The first-order chi connectivity index (χ1) is 12.0. The summed E-state index contributed by atoms with van der Waals surface area (Å²) in [6.07, 6.45) is -0.190. The maximum Gasteiger partial charge on any atom is 0.411 e. The van der Waals surface area contributed by atoms with Gasteiger partial charge in [0, 0.05) is 36.3 Å². The van der Waals surface area contributed by atoms with Crippen LogP contribution in [-0.2, 0) is 20.9 Å². The lowest BCUT2D eigenvalue weighted by Crippen LogP contribution is -2.52. The van der Waals surface area contributed by atoms with E-state index in [1.165, 1.54) is 4.90 Å². The number of carbonyl (C=O) groups is 4. The van der Waals surface area contributed by atoms with E-state index < -0.39 is 18.0 Å². The summed E-state index contributed by atoms with van der Waals surface area (Å²) in [5.74, 6) is -1.12. The van der Waals surface area contributed by atoms with Gasteiger partial charge < -0.3 is 15.4 Å². The van der Waals surface area contributed by atoms with Gasteiger partial charge in [-0.3, -0.25) is 25.0 Å². The van der Waals surface area contributed by atoms with Gasteiger partial charge in [-0.1, -0.05) is 6.07 Å². The highest BCUT2D eigenvalue weighted by Gasteiger charge is 2.39. The third-order valence-corrected chi connectivity index (χ3v) is 4.17. The van der Waals surface area contributed by atoms with Crippen molar-refractivity contribution in [3.05, 3.63) is 29.3 Å². The van der Waals surface area contributed by atoms with Crippen molar-refractivity contribution in [3.63, 3.8) is 0 Å². The zero-order chi connectivity index (χ0) is 18.0. The molecule has 0 aliphatic carbocycles. The number of nitrogens with two attached hydrogens (primary N) is 1. The molecule has 0 radical (unpaired) electrons. The molecule has 1 saturated heterocycles. The monoisotopic (exact) mass is 346 g/mol. The van der Waals surface area contributed by atoms with Crippen molar-refractivity contribution in [3.8, 4) is 0 Å². The first kappa shape index (κ1) is 16.9. The average Bonchev–Trinajstić information content (AvgIpc) is 2.91. The summed E-state index contributed by atoms with van der Waals surface area (Å²) in [6.45, 7) is 0.470. The van der Waals surface area contributed by atoms with Crippen LogP contribution in [0.4, 0.5) is 10.5 Å². The highest BCUT2D eigenvalue weighted by atomic mass is 16.5. The van der Waals surface area contributed by atoms with Crippen LogP contribution >= 0.6 is 0 Å². The van der Waals surface area contributed by atoms with Crippen LogP contribution in [0.15, 0.2) is 18.2 Å². The number of fused-ring (bicyclic) bond motifs is 1. The second-order valence-corrected chi connectivity index (χ2v) is 5.78. The van der Waals surface area contributed by atoms with Gasteiger partial charge in [-0.25, -0.2) is 4.79 Å². The van der Waals surface area contributed by atoms with Crippen molar-refractivity contribution < 1.29 is 23.9 Å². The van der Waals surface area contributed by atoms with Crippen LogP contribution in [0, 0.1) is 0 Å². The molecule has 2 aliphatic rings. The Morgan fingerprint density at radius 2 is 2.16 bits per heavy atom. The van der Waals surface area contributed by atoms with Crippen LogP contribution in [0.25, 0.3) is 0 Å². The largest absolute Gasteiger partial charge is 0.448 e. The van der Waals surface area contributed by atoms with Crippen molar-refractivity contribution in [2.45, 2.75) is 25.4 Å². The van der Waals surface area contributed by atoms with Crippen molar-refractivity contribution in [1.82, 2.24) is 10.2 Å². The molecular formula is C16H18N4O5. The first-order valence-electron chi connectivity index (χ1n) is 7.91.